The zero-order valence-corrected chi connectivity index (χ0v) is 13.0. The Labute approximate surface area is 125 Å². The van der Waals surface area contributed by atoms with E-state index < -0.39 is 11.4 Å². The van der Waals surface area contributed by atoms with Gasteiger partial charge in [0.25, 0.3) is 0 Å². The normalized spacial score (nSPS) is 22.1. The summed E-state index contributed by atoms with van der Waals surface area (Å²) in [6, 6.07) is 6.00. The van der Waals surface area contributed by atoms with Gasteiger partial charge in [0, 0.05) is 13.1 Å². The van der Waals surface area contributed by atoms with Gasteiger partial charge in [-0.15, -0.1) is 0 Å². The van der Waals surface area contributed by atoms with Gasteiger partial charge in [-0.1, -0.05) is 18.2 Å². The number of piperidine rings is 1. The molecule has 0 radical (unpaired) electrons. The Morgan fingerprint density at radius 2 is 1.90 bits per heavy atom. The van der Waals surface area contributed by atoms with Crippen molar-refractivity contribution in [1.29, 1.82) is 0 Å². The fourth-order valence-corrected chi connectivity index (χ4v) is 3.02. The molecule has 1 heterocycles. The van der Waals surface area contributed by atoms with Gasteiger partial charge in [-0.05, 0) is 50.3 Å². The van der Waals surface area contributed by atoms with E-state index in [1.807, 2.05) is 32.0 Å². The van der Waals surface area contributed by atoms with Crippen LogP contribution in [0.4, 0.5) is 0 Å². The third-order valence-corrected chi connectivity index (χ3v) is 4.54. The van der Waals surface area contributed by atoms with Crippen LogP contribution in [-0.4, -0.2) is 35.0 Å². The number of carboxylic acids is 1. The molecule has 1 fully saturated rings. The van der Waals surface area contributed by atoms with Gasteiger partial charge in [-0.2, -0.15) is 0 Å². The molecule has 21 heavy (non-hydrogen) atoms. The third kappa shape index (κ3) is 3.26. The van der Waals surface area contributed by atoms with E-state index in [9.17, 15) is 14.7 Å². The second-order valence-electron chi connectivity index (χ2n) is 6.33. The van der Waals surface area contributed by atoms with Gasteiger partial charge < -0.3 is 10.0 Å². The van der Waals surface area contributed by atoms with Crippen molar-refractivity contribution in [3.8, 4) is 0 Å². The number of benzene rings is 1. The van der Waals surface area contributed by atoms with Crippen molar-refractivity contribution in [2.45, 2.75) is 40.0 Å². The Kier molecular flexibility index (Phi) is 4.35. The highest BCUT2D eigenvalue weighted by atomic mass is 16.4. The first-order valence-electron chi connectivity index (χ1n) is 7.40. The van der Waals surface area contributed by atoms with E-state index >= 15 is 0 Å². The minimum Gasteiger partial charge on any atom is -0.481 e. The van der Waals surface area contributed by atoms with Gasteiger partial charge in [-0.25, -0.2) is 0 Å². The molecule has 0 saturated carbocycles. The van der Waals surface area contributed by atoms with Crippen LogP contribution >= 0.6 is 0 Å². The van der Waals surface area contributed by atoms with Crippen molar-refractivity contribution in [3.05, 3.63) is 34.9 Å². The van der Waals surface area contributed by atoms with Gasteiger partial charge in [0.2, 0.25) is 5.91 Å². The molecule has 114 valence electrons. The zero-order chi connectivity index (χ0) is 15.6. The number of hydrogen-bond acceptors (Lipinski definition) is 2. The molecule has 0 aromatic heterocycles. The number of amides is 1. The molecule has 1 aromatic rings. The van der Waals surface area contributed by atoms with Crippen LogP contribution < -0.4 is 0 Å². The summed E-state index contributed by atoms with van der Waals surface area (Å²) in [7, 11) is 0. The van der Waals surface area contributed by atoms with Crippen molar-refractivity contribution < 1.29 is 14.7 Å². The lowest BCUT2D eigenvalue weighted by atomic mass is 9.82. The summed E-state index contributed by atoms with van der Waals surface area (Å²) < 4.78 is 0. The molecule has 1 saturated heterocycles. The summed E-state index contributed by atoms with van der Waals surface area (Å²) in [6.07, 6.45) is 1.74. The SMILES string of the molecule is Cc1cccc(C)c1CC(=O)N1CCCC(C)(C(=O)O)C1. The maximum absolute atomic E-state index is 12.5. The van der Waals surface area contributed by atoms with E-state index in [0.29, 0.717) is 25.9 Å². The van der Waals surface area contributed by atoms with Crippen LogP contribution in [0.5, 0.6) is 0 Å². The molecule has 1 atom stereocenters. The van der Waals surface area contributed by atoms with Crippen LogP contribution in [0.1, 0.15) is 36.5 Å². The van der Waals surface area contributed by atoms with E-state index in [4.69, 9.17) is 0 Å². The predicted molar refractivity (Wildman–Crippen MR) is 81.2 cm³/mol. The lowest BCUT2D eigenvalue weighted by Crippen LogP contribution is -2.48. The Morgan fingerprint density at radius 3 is 2.48 bits per heavy atom. The van der Waals surface area contributed by atoms with Crippen LogP contribution in [-0.2, 0) is 16.0 Å². The van der Waals surface area contributed by atoms with E-state index in [1.165, 1.54) is 0 Å². The van der Waals surface area contributed by atoms with Crippen LogP contribution in [0.15, 0.2) is 18.2 Å². The van der Waals surface area contributed by atoms with E-state index in [2.05, 4.69) is 0 Å². The molecule has 2 rings (SSSR count). The fraction of sp³-hybridized carbons (Fsp3) is 0.529. The number of carbonyl (C=O) groups excluding carboxylic acids is 1. The summed E-state index contributed by atoms with van der Waals surface area (Å²) in [5.41, 5.74) is 2.47. The molecular formula is C17H23NO3. The van der Waals surface area contributed by atoms with Crippen molar-refractivity contribution in [2.24, 2.45) is 5.41 Å². The molecule has 4 heteroatoms. The largest absolute Gasteiger partial charge is 0.481 e. The molecule has 1 unspecified atom stereocenters. The number of likely N-dealkylation sites (tertiary alicyclic amines) is 1. The maximum Gasteiger partial charge on any atom is 0.311 e. The summed E-state index contributed by atoms with van der Waals surface area (Å²) in [6.45, 7) is 6.72. The van der Waals surface area contributed by atoms with Gasteiger partial charge in [0.05, 0.1) is 11.8 Å². The molecule has 1 aliphatic heterocycles. The number of hydrogen-bond donors (Lipinski definition) is 1. The Bertz CT molecular complexity index is 547. The van der Waals surface area contributed by atoms with Gasteiger partial charge in [0.1, 0.15) is 0 Å². The quantitative estimate of drug-likeness (QED) is 0.930. The van der Waals surface area contributed by atoms with Crippen molar-refractivity contribution in [1.82, 2.24) is 4.90 Å². The topological polar surface area (TPSA) is 57.6 Å². The number of aryl methyl sites for hydroxylation is 2. The second-order valence-corrected chi connectivity index (χ2v) is 6.33. The Morgan fingerprint density at radius 1 is 1.29 bits per heavy atom. The smallest absolute Gasteiger partial charge is 0.311 e. The van der Waals surface area contributed by atoms with E-state index in [1.54, 1.807) is 11.8 Å². The molecule has 1 aromatic carbocycles. The molecule has 0 bridgehead atoms. The molecular weight excluding hydrogens is 266 g/mol. The molecule has 4 nitrogen and oxygen atoms in total. The van der Waals surface area contributed by atoms with Crippen LogP contribution in [0.2, 0.25) is 0 Å². The average Bonchev–Trinajstić information content (AvgIpc) is 2.43. The highest BCUT2D eigenvalue weighted by Crippen LogP contribution is 2.30. The minimum atomic E-state index is -0.813. The lowest BCUT2D eigenvalue weighted by Gasteiger charge is -2.37. The van der Waals surface area contributed by atoms with Gasteiger partial charge >= 0.3 is 5.97 Å². The van der Waals surface area contributed by atoms with Crippen LogP contribution in [0.3, 0.4) is 0 Å². The van der Waals surface area contributed by atoms with Gasteiger partial charge in [-0.3, -0.25) is 9.59 Å². The lowest BCUT2D eigenvalue weighted by molar-refractivity contribution is -0.153. The van der Waals surface area contributed by atoms with Crippen LogP contribution in [0.25, 0.3) is 0 Å². The highest BCUT2D eigenvalue weighted by Gasteiger charge is 2.39. The number of carbonyl (C=O) groups is 2. The minimum absolute atomic E-state index is 0.0274. The molecule has 0 aliphatic carbocycles. The first-order chi connectivity index (χ1) is 9.83. The first kappa shape index (κ1) is 15.5. The standard InChI is InChI=1S/C17H23NO3/c1-12-6-4-7-13(2)14(12)10-15(19)18-9-5-8-17(3,11-18)16(20)21/h4,6-7H,5,8-11H2,1-3H3,(H,20,21). The predicted octanol–water partition coefficient (Wildman–Crippen LogP) is 2.56. The highest BCUT2D eigenvalue weighted by molar-refractivity contribution is 5.81. The molecule has 1 amide bonds. The number of aliphatic carboxylic acids is 1. The van der Waals surface area contributed by atoms with E-state index in [-0.39, 0.29) is 5.91 Å². The third-order valence-electron chi connectivity index (χ3n) is 4.54. The average molecular weight is 289 g/mol. The summed E-state index contributed by atoms with van der Waals surface area (Å²) in [5, 5.41) is 9.34. The number of nitrogens with zero attached hydrogens (tertiary/aromatic N) is 1. The molecule has 1 N–H and O–H groups in total. The summed E-state index contributed by atoms with van der Waals surface area (Å²) in [5.74, 6) is -0.786. The Hall–Kier alpha value is -1.84. The summed E-state index contributed by atoms with van der Waals surface area (Å²) >= 11 is 0. The van der Waals surface area contributed by atoms with Crippen molar-refractivity contribution in [2.75, 3.05) is 13.1 Å². The molecule has 0 spiro atoms. The number of rotatable bonds is 3. The van der Waals surface area contributed by atoms with E-state index in [0.717, 1.165) is 23.1 Å². The zero-order valence-electron chi connectivity index (χ0n) is 13.0. The Balaban J connectivity index is 2.12. The molecule has 1 aliphatic rings. The van der Waals surface area contributed by atoms with Crippen LogP contribution in [0, 0.1) is 19.3 Å². The van der Waals surface area contributed by atoms with Crippen molar-refractivity contribution >= 4 is 11.9 Å². The second kappa shape index (κ2) is 5.88. The van der Waals surface area contributed by atoms with Gasteiger partial charge in [0.15, 0.2) is 0 Å². The fourth-order valence-electron chi connectivity index (χ4n) is 3.02. The monoisotopic (exact) mass is 289 g/mol. The summed E-state index contributed by atoms with van der Waals surface area (Å²) in [4.78, 5) is 25.6. The number of carboxylic acid groups (broad SMARTS) is 1. The maximum atomic E-state index is 12.5. The first-order valence-corrected chi connectivity index (χ1v) is 7.40. The van der Waals surface area contributed by atoms with Crippen molar-refractivity contribution in [3.63, 3.8) is 0 Å².